The number of aldehydes is 1. The van der Waals surface area contributed by atoms with Crippen LogP contribution in [0.4, 0.5) is 0 Å². The van der Waals surface area contributed by atoms with Crippen LogP contribution in [0.25, 0.3) is 0 Å². The van der Waals surface area contributed by atoms with Crippen LogP contribution in [0, 0.1) is 0 Å². The molecule has 0 aromatic rings. The second kappa shape index (κ2) is 7.68. The summed E-state index contributed by atoms with van der Waals surface area (Å²) in [4.78, 5) is 37.5. The molecule has 0 aromatic heterocycles. The molecule has 0 saturated carbocycles. The maximum atomic E-state index is 9.85. The second-order valence-electron chi connectivity index (χ2n) is 2.00. The average molecular weight is 207 g/mol. The fraction of sp³-hybridized carbons (Fsp3) is 0.333. The Morgan fingerprint density at radius 3 is 1.64 bits per heavy atom. The summed E-state index contributed by atoms with van der Waals surface area (Å²) in [6, 6.07) is -1.29. The van der Waals surface area contributed by atoms with E-state index in [1.165, 1.54) is 0 Å². The van der Waals surface area contributed by atoms with Crippen molar-refractivity contribution in [2.75, 3.05) is 0 Å². The number of carbonyl (C=O) groups is 4. The molecule has 0 aliphatic carbocycles. The summed E-state index contributed by atoms with van der Waals surface area (Å²) in [5.41, 5.74) is 4.84. The number of nitrogens with two attached hydrogens (primary N) is 1. The zero-order chi connectivity index (χ0) is 11.7. The van der Waals surface area contributed by atoms with E-state index in [0.29, 0.717) is 0 Å². The molecule has 1 atom stereocenters. The number of carbonyl (C=O) groups excluding carboxylic acids is 1. The molecule has 0 aliphatic heterocycles. The molecule has 0 unspecified atom stereocenters. The molecule has 0 spiro atoms. The summed E-state index contributed by atoms with van der Waals surface area (Å²) in [5.74, 6) is -3.92. The number of carboxylic acids is 3. The van der Waals surface area contributed by atoms with Crippen LogP contribution in [-0.4, -0.2) is 45.6 Å². The van der Waals surface area contributed by atoms with Crippen molar-refractivity contribution in [3.8, 4) is 0 Å². The Balaban J connectivity index is 0. The van der Waals surface area contributed by atoms with E-state index in [2.05, 4.69) is 0 Å². The van der Waals surface area contributed by atoms with Crippen LogP contribution in [0.1, 0.15) is 6.42 Å². The zero-order valence-corrected chi connectivity index (χ0v) is 6.91. The summed E-state index contributed by atoms with van der Waals surface area (Å²) in [6.07, 6.45) is -0.699. The highest BCUT2D eigenvalue weighted by Crippen LogP contribution is 1.86. The normalized spacial score (nSPS) is 10.4. The standard InChI is InChI=1S/C4H7NO4.C2H2O3/c5-2(4(8)9)1-3(6)7;3-1-2(4)5/h2H,1,5H2,(H,6,7)(H,8,9);1H,(H,4,5)/t2-;/m0./s1. The van der Waals surface area contributed by atoms with Gasteiger partial charge in [0.1, 0.15) is 6.04 Å². The van der Waals surface area contributed by atoms with Crippen LogP contribution in [0.15, 0.2) is 0 Å². The van der Waals surface area contributed by atoms with Crippen LogP contribution in [0.5, 0.6) is 0 Å². The largest absolute Gasteiger partial charge is 0.481 e. The van der Waals surface area contributed by atoms with E-state index in [1.807, 2.05) is 0 Å². The first-order valence-electron chi connectivity index (χ1n) is 3.19. The molecule has 0 saturated heterocycles. The van der Waals surface area contributed by atoms with E-state index < -0.39 is 30.4 Å². The van der Waals surface area contributed by atoms with Gasteiger partial charge < -0.3 is 21.1 Å². The maximum absolute atomic E-state index is 9.85. The number of hydrogen-bond donors (Lipinski definition) is 4. The van der Waals surface area contributed by atoms with Gasteiger partial charge in [-0.05, 0) is 0 Å². The predicted molar refractivity (Wildman–Crippen MR) is 41.6 cm³/mol. The van der Waals surface area contributed by atoms with E-state index in [9.17, 15) is 9.59 Å². The van der Waals surface area contributed by atoms with Crippen LogP contribution in [0.2, 0.25) is 0 Å². The lowest BCUT2D eigenvalue weighted by Gasteiger charge is -1.99. The molecule has 0 heterocycles. The third-order valence-corrected chi connectivity index (χ3v) is 0.813. The van der Waals surface area contributed by atoms with Gasteiger partial charge in [-0.15, -0.1) is 0 Å². The molecular weight excluding hydrogens is 198 g/mol. The van der Waals surface area contributed by atoms with Gasteiger partial charge in [0.05, 0.1) is 6.42 Å². The van der Waals surface area contributed by atoms with Crippen molar-refractivity contribution < 1.29 is 34.5 Å². The highest BCUT2D eigenvalue weighted by Gasteiger charge is 2.14. The van der Waals surface area contributed by atoms with Gasteiger partial charge in [0.25, 0.3) is 0 Å². The topological polar surface area (TPSA) is 155 Å². The number of hydrogen-bond acceptors (Lipinski definition) is 5. The van der Waals surface area contributed by atoms with Crippen LogP contribution in [-0.2, 0) is 19.2 Å². The maximum Gasteiger partial charge on any atom is 0.368 e. The molecule has 0 fully saturated rings. The molecular formula is C6H9NO7. The van der Waals surface area contributed by atoms with Gasteiger partial charge >= 0.3 is 17.9 Å². The highest BCUT2D eigenvalue weighted by molar-refractivity contribution is 6.19. The van der Waals surface area contributed by atoms with E-state index >= 15 is 0 Å². The monoisotopic (exact) mass is 207 g/mol. The second-order valence-corrected chi connectivity index (χ2v) is 2.00. The lowest BCUT2D eigenvalue weighted by molar-refractivity contribution is -0.144. The van der Waals surface area contributed by atoms with E-state index in [4.69, 9.17) is 30.6 Å². The molecule has 14 heavy (non-hydrogen) atoms. The van der Waals surface area contributed by atoms with Crippen molar-refractivity contribution in [1.29, 1.82) is 0 Å². The molecule has 0 bridgehead atoms. The Morgan fingerprint density at radius 1 is 1.21 bits per heavy atom. The van der Waals surface area contributed by atoms with Crippen molar-refractivity contribution in [3.63, 3.8) is 0 Å². The summed E-state index contributed by atoms with van der Waals surface area (Å²) < 4.78 is 0. The van der Waals surface area contributed by atoms with Gasteiger partial charge in [-0.25, -0.2) is 4.79 Å². The van der Waals surface area contributed by atoms with Crippen molar-refractivity contribution in [1.82, 2.24) is 0 Å². The van der Waals surface area contributed by atoms with Gasteiger partial charge in [-0.2, -0.15) is 0 Å². The van der Waals surface area contributed by atoms with Gasteiger partial charge in [0.15, 0.2) is 0 Å². The first-order valence-corrected chi connectivity index (χ1v) is 3.19. The van der Waals surface area contributed by atoms with Gasteiger partial charge in [0.2, 0.25) is 6.29 Å². The summed E-state index contributed by atoms with van der Waals surface area (Å²) in [5, 5.41) is 23.4. The predicted octanol–water partition coefficient (Wildman–Crippen LogP) is -1.86. The van der Waals surface area contributed by atoms with Gasteiger partial charge in [0, 0.05) is 0 Å². The quantitative estimate of drug-likeness (QED) is 0.309. The van der Waals surface area contributed by atoms with Crippen molar-refractivity contribution in [3.05, 3.63) is 0 Å². The Kier molecular flexibility index (Phi) is 7.98. The van der Waals surface area contributed by atoms with Crippen molar-refractivity contribution in [2.45, 2.75) is 12.5 Å². The molecule has 0 aromatic carbocycles. The minimum atomic E-state index is -1.43. The van der Waals surface area contributed by atoms with E-state index in [-0.39, 0.29) is 6.29 Å². The molecule has 80 valence electrons. The Bertz CT molecular complexity index is 236. The molecule has 5 N–H and O–H groups in total. The third-order valence-electron chi connectivity index (χ3n) is 0.813. The first-order chi connectivity index (χ1) is 6.31. The summed E-state index contributed by atoms with van der Waals surface area (Å²) in [6.45, 7) is 0. The lowest BCUT2D eigenvalue weighted by atomic mass is 10.2. The molecule has 8 nitrogen and oxygen atoms in total. The minimum absolute atomic E-state index is 0.167. The number of aliphatic carboxylic acids is 3. The highest BCUT2D eigenvalue weighted by atomic mass is 16.4. The fourth-order valence-corrected chi connectivity index (χ4v) is 0.275. The molecule has 0 rings (SSSR count). The Labute approximate surface area is 77.9 Å². The van der Waals surface area contributed by atoms with Crippen molar-refractivity contribution >= 4 is 24.2 Å². The van der Waals surface area contributed by atoms with Gasteiger partial charge in [-0.1, -0.05) is 0 Å². The number of carboxylic acid groups (broad SMARTS) is 3. The first kappa shape index (κ1) is 14.6. The minimum Gasteiger partial charge on any atom is -0.481 e. The fourth-order valence-electron chi connectivity index (χ4n) is 0.275. The SMILES string of the molecule is N[C@@H](CC(=O)O)C(=O)O.O=CC(=O)O. The average Bonchev–Trinajstić information content (AvgIpc) is 2.04. The van der Waals surface area contributed by atoms with E-state index in [0.717, 1.165) is 0 Å². The lowest BCUT2D eigenvalue weighted by Crippen LogP contribution is -2.32. The zero-order valence-electron chi connectivity index (χ0n) is 6.91. The van der Waals surface area contributed by atoms with Gasteiger partial charge in [-0.3, -0.25) is 14.4 Å². The van der Waals surface area contributed by atoms with Crippen LogP contribution >= 0.6 is 0 Å². The third kappa shape index (κ3) is 12.7. The summed E-state index contributed by atoms with van der Waals surface area (Å²) >= 11 is 0. The molecule has 0 aliphatic rings. The van der Waals surface area contributed by atoms with Crippen molar-refractivity contribution in [2.24, 2.45) is 5.73 Å². The van der Waals surface area contributed by atoms with E-state index in [1.54, 1.807) is 0 Å². The van der Waals surface area contributed by atoms with Crippen LogP contribution < -0.4 is 5.73 Å². The Hall–Kier alpha value is -1.96. The molecule has 8 heteroatoms. The molecule has 0 amide bonds. The molecule has 0 radical (unpaired) electrons. The summed E-state index contributed by atoms with van der Waals surface area (Å²) in [7, 11) is 0. The smallest absolute Gasteiger partial charge is 0.368 e. The number of rotatable bonds is 4. The van der Waals surface area contributed by atoms with Crippen LogP contribution in [0.3, 0.4) is 0 Å². The Morgan fingerprint density at radius 2 is 1.57 bits per heavy atom.